The third kappa shape index (κ3) is 8.25. The average molecular weight is 918 g/mol. The van der Waals surface area contributed by atoms with Gasteiger partial charge in [0.15, 0.2) is 0 Å². The number of hydrogen-bond acceptors (Lipinski definition) is 12. The Balaban J connectivity index is 1.33. The van der Waals surface area contributed by atoms with Crippen LogP contribution in [0.15, 0.2) is 127 Å². The van der Waals surface area contributed by atoms with Crippen LogP contribution in [0, 0.1) is 17.8 Å². The summed E-state index contributed by atoms with van der Waals surface area (Å²) < 4.78 is 23.3. The molecule has 2 saturated heterocycles. The number of H-pyrrole nitrogens is 1. The second kappa shape index (κ2) is 19.4. The number of aliphatic hydroxyl groups is 1. The SMILES string of the molecule is COCCOC(=O)N1C(=O)[C@@]2(c3cc(C#CCNC(N)=O)ccc31)[C@H](C(=O)NCc1nc3ccccc3[nH]1)[C@H]1C(=O)O[C@H](c3ccccc3)[C@H](c3ccccc3)N1[C@@H]2c1cccc(OCCO)c1. The molecule has 3 aliphatic heterocycles. The first-order valence-corrected chi connectivity index (χ1v) is 22.0. The fraction of sp³-hybridized carbons (Fsp3) is 0.255. The van der Waals surface area contributed by atoms with Crippen molar-refractivity contribution >= 4 is 46.6 Å². The van der Waals surface area contributed by atoms with Crippen LogP contribution in [0.25, 0.3) is 11.0 Å². The highest BCUT2D eigenvalue weighted by atomic mass is 16.6. The predicted octanol–water partition coefficient (Wildman–Crippen LogP) is 4.72. The van der Waals surface area contributed by atoms with Crippen molar-refractivity contribution in [1.82, 2.24) is 25.5 Å². The van der Waals surface area contributed by atoms with E-state index in [1.807, 2.05) is 89.8 Å². The highest BCUT2D eigenvalue weighted by molar-refractivity contribution is 6.23. The summed E-state index contributed by atoms with van der Waals surface area (Å²) in [4.78, 5) is 84.2. The van der Waals surface area contributed by atoms with Crippen molar-refractivity contribution < 1.29 is 48.0 Å². The Bertz CT molecular complexity index is 2900. The number of hydrogen-bond donors (Lipinski definition) is 5. The Morgan fingerprint density at radius 1 is 0.853 bits per heavy atom. The number of urea groups is 1. The zero-order chi connectivity index (χ0) is 47.4. The lowest BCUT2D eigenvalue weighted by Crippen LogP contribution is -2.55. The first kappa shape index (κ1) is 45.1. The van der Waals surface area contributed by atoms with Crippen LogP contribution >= 0.6 is 0 Å². The van der Waals surface area contributed by atoms with E-state index < -0.39 is 65.5 Å². The number of aliphatic hydroxyl groups excluding tert-OH is 1. The molecule has 0 unspecified atom stereocenters. The van der Waals surface area contributed by atoms with Gasteiger partial charge < -0.3 is 45.4 Å². The van der Waals surface area contributed by atoms with Gasteiger partial charge in [0.05, 0.1) is 61.0 Å². The first-order valence-electron chi connectivity index (χ1n) is 22.0. The molecule has 2 fully saturated rings. The lowest BCUT2D eigenvalue weighted by Gasteiger charge is -2.46. The molecule has 346 valence electrons. The largest absolute Gasteiger partial charge is 0.491 e. The van der Waals surface area contributed by atoms with Gasteiger partial charge in [-0.2, -0.15) is 0 Å². The van der Waals surface area contributed by atoms with Gasteiger partial charge in [-0.3, -0.25) is 19.3 Å². The standard InChI is InChI=1S/C51H47N7O10/c1-65-26-27-67-50(64)57-39-22-21-31(12-11-23-53-49(52)63)28-36(39)51(48(57)62)41(46(60)54-30-40-55-37-19-8-9-20-38(37)56-40)43-47(61)68-44(33-15-6-3-7-16-33)42(32-13-4-2-5-14-32)58(43)45(51)34-17-10-18-35(29-34)66-25-24-59/h2-10,13-22,28-29,41-45,59H,23-27,30H2,1H3,(H,54,60)(H,55,56)(H3,52,53,63)/t41-,42-,43-,44+,45+,51-/m0/s1. The van der Waals surface area contributed by atoms with Crippen LogP contribution in [0.2, 0.25) is 0 Å². The van der Waals surface area contributed by atoms with Crippen LogP contribution in [0.4, 0.5) is 15.3 Å². The molecule has 9 rings (SSSR count). The quantitative estimate of drug-likeness (QED) is 0.0603. The Hall–Kier alpha value is -8.04. The lowest BCUT2D eigenvalue weighted by atomic mass is 9.65. The molecule has 0 aliphatic carbocycles. The summed E-state index contributed by atoms with van der Waals surface area (Å²) in [5.41, 5.74) is 7.02. The number of amides is 5. The molecule has 5 aromatic carbocycles. The number of ether oxygens (including phenoxy) is 4. The number of esters is 1. The minimum Gasteiger partial charge on any atom is -0.491 e. The molecule has 68 heavy (non-hydrogen) atoms. The number of imide groups is 1. The normalized spacial score (nSPS) is 21.6. The maximum atomic E-state index is 16.4. The van der Waals surface area contributed by atoms with Crippen molar-refractivity contribution in [3.63, 3.8) is 0 Å². The molecule has 4 heterocycles. The second-order valence-corrected chi connectivity index (χ2v) is 16.3. The molecule has 17 heteroatoms. The average Bonchev–Trinajstić information content (AvgIpc) is 4.00. The molecule has 5 amide bonds. The van der Waals surface area contributed by atoms with Crippen molar-refractivity contribution in [2.24, 2.45) is 11.7 Å². The van der Waals surface area contributed by atoms with Crippen LogP contribution in [0.1, 0.15) is 51.8 Å². The highest BCUT2D eigenvalue weighted by Gasteiger charge is 2.75. The molecule has 1 aromatic heterocycles. The van der Waals surface area contributed by atoms with E-state index in [9.17, 15) is 14.7 Å². The van der Waals surface area contributed by atoms with Gasteiger partial charge in [-0.15, -0.1) is 0 Å². The van der Waals surface area contributed by atoms with Gasteiger partial charge in [0, 0.05) is 12.7 Å². The number of aromatic amines is 1. The minimum atomic E-state index is -2.13. The number of rotatable bonds is 13. The Kier molecular flexibility index (Phi) is 12.9. The fourth-order valence-electron chi connectivity index (χ4n) is 9.83. The van der Waals surface area contributed by atoms with Gasteiger partial charge >= 0.3 is 18.1 Å². The Morgan fingerprint density at radius 2 is 1.59 bits per heavy atom. The molecular weight excluding hydrogens is 871 g/mol. The molecular formula is C51H47N7O10. The van der Waals surface area contributed by atoms with E-state index in [1.54, 1.807) is 42.5 Å². The van der Waals surface area contributed by atoms with Gasteiger partial charge in [-0.25, -0.2) is 19.5 Å². The summed E-state index contributed by atoms with van der Waals surface area (Å²) in [7, 11) is 1.44. The molecule has 0 radical (unpaired) electrons. The number of benzene rings is 5. The maximum Gasteiger partial charge on any atom is 0.421 e. The Morgan fingerprint density at radius 3 is 2.32 bits per heavy atom. The number of methoxy groups -OCH3 is 1. The van der Waals surface area contributed by atoms with Crippen LogP contribution in [0.5, 0.6) is 5.75 Å². The number of morpholine rings is 1. The van der Waals surface area contributed by atoms with Gasteiger partial charge in [0.2, 0.25) is 11.8 Å². The molecule has 17 nitrogen and oxygen atoms in total. The smallest absolute Gasteiger partial charge is 0.421 e. The number of nitrogens with zero attached hydrogens (tertiary/aromatic N) is 3. The molecule has 6 aromatic rings. The number of carbonyl (C=O) groups is 5. The van der Waals surface area contributed by atoms with Crippen molar-refractivity contribution in [2.75, 3.05) is 45.0 Å². The van der Waals surface area contributed by atoms with Gasteiger partial charge in [-0.1, -0.05) is 96.8 Å². The van der Waals surface area contributed by atoms with Crippen molar-refractivity contribution in [1.29, 1.82) is 0 Å². The monoisotopic (exact) mass is 917 g/mol. The number of imidazole rings is 1. The lowest BCUT2D eigenvalue weighted by molar-refractivity contribution is -0.178. The molecule has 6 atom stereocenters. The van der Waals surface area contributed by atoms with Gasteiger partial charge in [0.25, 0.3) is 0 Å². The summed E-state index contributed by atoms with van der Waals surface area (Å²) in [6, 6.07) is 33.3. The predicted molar refractivity (Wildman–Crippen MR) is 247 cm³/mol. The highest BCUT2D eigenvalue weighted by Crippen LogP contribution is 2.66. The summed E-state index contributed by atoms with van der Waals surface area (Å²) >= 11 is 0. The molecule has 3 aliphatic rings. The van der Waals surface area contributed by atoms with E-state index in [0.717, 1.165) is 10.4 Å². The summed E-state index contributed by atoms with van der Waals surface area (Å²) in [5, 5.41) is 15.2. The zero-order valence-corrected chi connectivity index (χ0v) is 36.8. The summed E-state index contributed by atoms with van der Waals surface area (Å²) in [6.07, 6.45) is -2.00. The third-order valence-electron chi connectivity index (χ3n) is 12.4. The number of carbonyl (C=O) groups excluding carboxylic acids is 5. The summed E-state index contributed by atoms with van der Waals surface area (Å²) in [6.45, 7) is -0.757. The zero-order valence-electron chi connectivity index (χ0n) is 36.8. The van der Waals surface area contributed by atoms with E-state index in [1.165, 1.54) is 7.11 Å². The van der Waals surface area contributed by atoms with Gasteiger partial charge in [0.1, 0.15) is 42.3 Å². The van der Waals surface area contributed by atoms with E-state index in [-0.39, 0.29) is 50.8 Å². The van der Waals surface area contributed by atoms with Crippen LogP contribution in [-0.2, 0) is 40.6 Å². The summed E-state index contributed by atoms with van der Waals surface area (Å²) in [5.74, 6) is 2.67. The number of cyclic esters (lactones) is 1. The number of aromatic nitrogens is 2. The molecule has 1 spiro atoms. The number of para-hydroxylation sites is 2. The Labute approximate surface area is 390 Å². The van der Waals surface area contributed by atoms with Crippen molar-refractivity contribution in [3.8, 4) is 17.6 Å². The minimum absolute atomic E-state index is 0.0248. The van der Waals surface area contributed by atoms with Crippen molar-refractivity contribution in [2.45, 2.75) is 36.2 Å². The van der Waals surface area contributed by atoms with Crippen LogP contribution < -0.4 is 26.0 Å². The molecule has 0 saturated carbocycles. The number of anilines is 1. The van der Waals surface area contributed by atoms with Crippen LogP contribution in [0.3, 0.4) is 0 Å². The topological polar surface area (TPSA) is 228 Å². The van der Waals surface area contributed by atoms with Crippen LogP contribution in [-0.4, -0.2) is 96.0 Å². The molecule has 6 N–H and O–H groups in total. The fourth-order valence-corrected chi connectivity index (χ4v) is 9.83. The number of nitrogens with two attached hydrogens (primary N) is 1. The van der Waals surface area contributed by atoms with Crippen molar-refractivity contribution in [3.05, 3.63) is 161 Å². The van der Waals surface area contributed by atoms with E-state index in [2.05, 4.69) is 32.4 Å². The number of primary amides is 1. The third-order valence-corrected chi connectivity index (χ3v) is 12.4. The second-order valence-electron chi connectivity index (χ2n) is 16.3. The first-order chi connectivity index (χ1) is 33.1. The van der Waals surface area contributed by atoms with E-state index in [4.69, 9.17) is 24.7 Å². The number of fused-ring (bicyclic) bond motifs is 4. The molecule has 0 bridgehead atoms. The van der Waals surface area contributed by atoms with E-state index in [0.29, 0.717) is 39.3 Å². The van der Waals surface area contributed by atoms with Gasteiger partial charge in [-0.05, 0) is 64.7 Å². The van der Waals surface area contributed by atoms with E-state index >= 15 is 14.4 Å². The number of nitrogens with one attached hydrogen (secondary N) is 3. The maximum absolute atomic E-state index is 16.4.